The molecule has 1 aromatic carbocycles. The standard InChI is InChI=1S/C19H26ClFN2O3S/c20-17-14-16(7-8-18(17)21)27(25,26)23-12-10-22(11-13-23)19(24)9-6-15-4-2-1-3-5-15/h7-8,14-15H,1-6,9-13H2. The quantitative estimate of drug-likeness (QED) is 0.735. The van der Waals surface area contributed by atoms with E-state index in [9.17, 15) is 17.6 Å². The van der Waals surface area contributed by atoms with E-state index < -0.39 is 15.8 Å². The second-order valence-electron chi connectivity index (χ2n) is 7.40. The topological polar surface area (TPSA) is 57.7 Å². The zero-order valence-electron chi connectivity index (χ0n) is 15.4. The maximum atomic E-state index is 13.3. The third-order valence-electron chi connectivity index (χ3n) is 5.61. The summed E-state index contributed by atoms with van der Waals surface area (Å²) in [7, 11) is -3.74. The highest BCUT2D eigenvalue weighted by molar-refractivity contribution is 7.89. The number of sulfonamides is 1. The van der Waals surface area contributed by atoms with Gasteiger partial charge in [0.1, 0.15) is 5.82 Å². The van der Waals surface area contributed by atoms with Crippen molar-refractivity contribution in [2.45, 2.75) is 49.8 Å². The lowest BCUT2D eigenvalue weighted by atomic mass is 9.86. The Bertz CT molecular complexity index is 773. The van der Waals surface area contributed by atoms with Crippen molar-refractivity contribution in [3.8, 4) is 0 Å². The Labute approximate surface area is 165 Å². The predicted octanol–water partition coefficient (Wildman–Crippen LogP) is 3.67. The van der Waals surface area contributed by atoms with Gasteiger partial charge in [-0.1, -0.05) is 43.7 Å². The first-order valence-electron chi connectivity index (χ1n) is 9.61. The summed E-state index contributed by atoms with van der Waals surface area (Å²) in [6.45, 7) is 1.26. The van der Waals surface area contributed by atoms with E-state index in [-0.39, 0.29) is 28.9 Å². The van der Waals surface area contributed by atoms with Crippen LogP contribution in [0.4, 0.5) is 4.39 Å². The van der Waals surface area contributed by atoms with Crippen molar-refractivity contribution in [3.05, 3.63) is 29.0 Å². The van der Waals surface area contributed by atoms with E-state index in [2.05, 4.69) is 0 Å². The van der Waals surface area contributed by atoms with Crippen LogP contribution in [0.25, 0.3) is 0 Å². The van der Waals surface area contributed by atoms with Crippen molar-refractivity contribution >= 4 is 27.5 Å². The number of hydrogen-bond donors (Lipinski definition) is 0. The third-order valence-corrected chi connectivity index (χ3v) is 7.80. The van der Waals surface area contributed by atoms with Gasteiger partial charge in [-0.05, 0) is 30.5 Å². The summed E-state index contributed by atoms with van der Waals surface area (Å²) in [5.41, 5.74) is 0. The monoisotopic (exact) mass is 416 g/mol. The van der Waals surface area contributed by atoms with Gasteiger partial charge in [0.2, 0.25) is 15.9 Å². The minimum Gasteiger partial charge on any atom is -0.340 e. The van der Waals surface area contributed by atoms with Crippen LogP contribution in [0.1, 0.15) is 44.9 Å². The normalized spacial score (nSPS) is 20.0. The first-order chi connectivity index (χ1) is 12.9. The lowest BCUT2D eigenvalue weighted by Crippen LogP contribution is -2.50. The van der Waals surface area contributed by atoms with Crippen LogP contribution in [0.5, 0.6) is 0 Å². The fraction of sp³-hybridized carbons (Fsp3) is 0.632. The van der Waals surface area contributed by atoms with E-state index in [4.69, 9.17) is 11.6 Å². The van der Waals surface area contributed by atoms with Gasteiger partial charge < -0.3 is 4.90 Å². The second-order valence-corrected chi connectivity index (χ2v) is 9.75. The Balaban J connectivity index is 1.53. The first-order valence-corrected chi connectivity index (χ1v) is 11.4. The number of carbonyl (C=O) groups is 1. The van der Waals surface area contributed by atoms with Crippen molar-refractivity contribution in [1.82, 2.24) is 9.21 Å². The Morgan fingerprint density at radius 2 is 1.78 bits per heavy atom. The molecule has 0 radical (unpaired) electrons. The van der Waals surface area contributed by atoms with E-state index in [1.807, 2.05) is 0 Å². The predicted molar refractivity (Wildman–Crippen MR) is 103 cm³/mol. The molecule has 1 aliphatic heterocycles. The van der Waals surface area contributed by atoms with Gasteiger partial charge in [0, 0.05) is 32.6 Å². The molecule has 150 valence electrons. The van der Waals surface area contributed by atoms with E-state index in [0.717, 1.165) is 18.6 Å². The molecule has 27 heavy (non-hydrogen) atoms. The minimum atomic E-state index is -3.74. The molecule has 2 fully saturated rings. The second kappa shape index (κ2) is 8.88. The van der Waals surface area contributed by atoms with Crippen molar-refractivity contribution in [1.29, 1.82) is 0 Å². The third kappa shape index (κ3) is 5.00. The Kier molecular flexibility index (Phi) is 6.76. The molecular weight excluding hydrogens is 391 g/mol. The molecule has 0 unspecified atom stereocenters. The average molecular weight is 417 g/mol. The maximum absolute atomic E-state index is 13.3. The number of carbonyl (C=O) groups excluding carboxylic acids is 1. The van der Waals surface area contributed by atoms with Gasteiger partial charge >= 0.3 is 0 Å². The highest BCUT2D eigenvalue weighted by Gasteiger charge is 2.30. The molecular formula is C19H26ClFN2O3S. The molecule has 0 aromatic heterocycles. The zero-order valence-corrected chi connectivity index (χ0v) is 16.9. The number of amides is 1. The molecule has 1 saturated heterocycles. The largest absolute Gasteiger partial charge is 0.340 e. The molecule has 3 rings (SSSR count). The van der Waals surface area contributed by atoms with Crippen LogP contribution in [-0.2, 0) is 14.8 Å². The summed E-state index contributed by atoms with van der Waals surface area (Å²) in [6, 6.07) is 3.41. The molecule has 1 heterocycles. The zero-order chi connectivity index (χ0) is 19.4. The average Bonchev–Trinajstić information content (AvgIpc) is 2.69. The molecule has 2 aliphatic rings. The van der Waals surface area contributed by atoms with Gasteiger partial charge in [-0.3, -0.25) is 4.79 Å². The summed E-state index contributed by atoms with van der Waals surface area (Å²) < 4.78 is 40.0. The molecule has 0 bridgehead atoms. The van der Waals surface area contributed by atoms with Crippen molar-refractivity contribution < 1.29 is 17.6 Å². The van der Waals surface area contributed by atoms with Crippen molar-refractivity contribution in [2.24, 2.45) is 5.92 Å². The summed E-state index contributed by atoms with van der Waals surface area (Å²) >= 11 is 5.71. The minimum absolute atomic E-state index is 0.0222. The summed E-state index contributed by atoms with van der Waals surface area (Å²) in [6.07, 6.45) is 7.77. The number of benzene rings is 1. The lowest BCUT2D eigenvalue weighted by molar-refractivity contribution is -0.132. The molecule has 0 N–H and O–H groups in total. The smallest absolute Gasteiger partial charge is 0.243 e. The molecule has 5 nitrogen and oxygen atoms in total. The van der Waals surface area contributed by atoms with Crippen LogP contribution in [0, 0.1) is 11.7 Å². The molecule has 0 spiro atoms. The van der Waals surface area contributed by atoms with Gasteiger partial charge in [-0.25, -0.2) is 12.8 Å². The molecule has 1 aliphatic carbocycles. The molecule has 1 aromatic rings. The van der Waals surface area contributed by atoms with Crippen LogP contribution in [0.3, 0.4) is 0 Å². The molecule has 1 saturated carbocycles. The first kappa shape index (κ1) is 20.6. The van der Waals surface area contributed by atoms with Crippen LogP contribution in [-0.4, -0.2) is 49.7 Å². The van der Waals surface area contributed by atoms with Crippen molar-refractivity contribution in [2.75, 3.05) is 26.2 Å². The summed E-state index contributed by atoms with van der Waals surface area (Å²) in [5, 5.41) is -0.215. The number of rotatable bonds is 5. The van der Waals surface area contributed by atoms with Crippen LogP contribution in [0.2, 0.25) is 5.02 Å². The number of hydrogen-bond acceptors (Lipinski definition) is 3. The van der Waals surface area contributed by atoms with E-state index in [1.54, 1.807) is 4.90 Å². The summed E-state index contributed by atoms with van der Waals surface area (Å²) in [5.74, 6) is 0.124. The van der Waals surface area contributed by atoms with Gasteiger partial charge in [0.25, 0.3) is 0 Å². The van der Waals surface area contributed by atoms with Gasteiger partial charge in [-0.15, -0.1) is 0 Å². The molecule has 1 amide bonds. The van der Waals surface area contributed by atoms with Crippen LogP contribution < -0.4 is 0 Å². The molecule has 0 atom stereocenters. The highest BCUT2D eigenvalue weighted by atomic mass is 35.5. The van der Waals surface area contributed by atoms with Crippen LogP contribution in [0.15, 0.2) is 23.1 Å². The fourth-order valence-electron chi connectivity index (χ4n) is 3.93. The van der Waals surface area contributed by atoms with E-state index in [0.29, 0.717) is 25.4 Å². The Morgan fingerprint density at radius 1 is 1.11 bits per heavy atom. The van der Waals surface area contributed by atoms with Crippen molar-refractivity contribution in [3.63, 3.8) is 0 Å². The number of nitrogens with zero attached hydrogens (tertiary/aromatic N) is 2. The fourth-order valence-corrected chi connectivity index (χ4v) is 5.62. The lowest BCUT2D eigenvalue weighted by Gasteiger charge is -2.34. The van der Waals surface area contributed by atoms with Gasteiger partial charge in [0.05, 0.1) is 9.92 Å². The Hall–Kier alpha value is -1.18. The van der Waals surface area contributed by atoms with E-state index >= 15 is 0 Å². The SMILES string of the molecule is O=C(CCC1CCCCC1)N1CCN(S(=O)(=O)c2ccc(F)c(Cl)c2)CC1. The van der Waals surface area contributed by atoms with Crippen LogP contribution >= 0.6 is 11.6 Å². The Morgan fingerprint density at radius 3 is 2.41 bits per heavy atom. The van der Waals surface area contributed by atoms with E-state index in [1.165, 1.54) is 42.5 Å². The van der Waals surface area contributed by atoms with Gasteiger partial charge in [-0.2, -0.15) is 4.31 Å². The summed E-state index contributed by atoms with van der Waals surface area (Å²) in [4.78, 5) is 14.2. The molecule has 8 heteroatoms. The van der Waals surface area contributed by atoms with Gasteiger partial charge in [0.15, 0.2) is 0 Å². The maximum Gasteiger partial charge on any atom is 0.243 e. The number of piperazine rings is 1. The highest BCUT2D eigenvalue weighted by Crippen LogP contribution is 2.28. The number of halogens is 2.